The van der Waals surface area contributed by atoms with Crippen molar-refractivity contribution in [3.63, 3.8) is 0 Å². The average molecular weight is 265 g/mol. The summed E-state index contributed by atoms with van der Waals surface area (Å²) in [4.78, 5) is 17.7. The molecule has 1 amide bonds. The minimum Gasteiger partial charge on any atom is -0.350 e. The van der Waals surface area contributed by atoms with Gasteiger partial charge in [0.1, 0.15) is 0 Å². The molecule has 0 spiro atoms. The number of pyridine rings is 1. The second kappa shape index (κ2) is 5.65. The van der Waals surface area contributed by atoms with Gasteiger partial charge in [0.2, 0.25) is 5.95 Å². The Morgan fingerprint density at radius 3 is 2.63 bits per heavy atom. The molecule has 1 aromatic rings. The summed E-state index contributed by atoms with van der Waals surface area (Å²) in [6.07, 6.45) is 5.86. The Hall–Kier alpha value is -1.49. The van der Waals surface area contributed by atoms with E-state index in [-0.39, 0.29) is 11.4 Å². The minimum atomic E-state index is -0.572. The quantitative estimate of drug-likeness (QED) is 0.845. The molecule has 0 bridgehead atoms. The van der Waals surface area contributed by atoms with E-state index in [1.807, 2.05) is 0 Å². The molecule has 1 fully saturated rings. The second-order valence-corrected chi connectivity index (χ2v) is 5.38. The van der Waals surface area contributed by atoms with E-state index in [0.29, 0.717) is 12.1 Å². The molecular weight excluding hydrogens is 245 g/mol. The number of carbonyl (C=O) groups is 1. The highest BCUT2D eigenvalue weighted by atomic mass is 19.1. The number of rotatable bonds is 4. The number of hydrogen-bond donors (Lipinski definition) is 1. The summed E-state index contributed by atoms with van der Waals surface area (Å²) in [6.45, 7) is 0.621. The molecule has 1 aliphatic rings. The van der Waals surface area contributed by atoms with Crippen molar-refractivity contribution in [2.24, 2.45) is 0 Å². The van der Waals surface area contributed by atoms with E-state index in [2.05, 4.69) is 29.3 Å². The van der Waals surface area contributed by atoms with Crippen LogP contribution in [0.15, 0.2) is 18.3 Å². The van der Waals surface area contributed by atoms with E-state index < -0.39 is 5.95 Å². The van der Waals surface area contributed by atoms with Crippen LogP contribution in [0.1, 0.15) is 36.0 Å². The van der Waals surface area contributed by atoms with Gasteiger partial charge in [-0.15, -0.1) is 0 Å². The Bertz CT molecular complexity index is 439. The molecule has 1 aliphatic carbocycles. The normalized spacial score (nSPS) is 17.7. The Kier molecular flexibility index (Phi) is 4.14. The fourth-order valence-corrected chi connectivity index (χ4v) is 2.67. The topological polar surface area (TPSA) is 45.2 Å². The molecule has 1 aromatic heterocycles. The maximum atomic E-state index is 12.7. The maximum Gasteiger partial charge on any atom is 0.252 e. The third kappa shape index (κ3) is 3.10. The van der Waals surface area contributed by atoms with E-state index in [1.54, 1.807) is 0 Å². The van der Waals surface area contributed by atoms with Crippen LogP contribution < -0.4 is 5.32 Å². The standard InChI is InChI=1S/C14H20FN3O/c1-18(2)14(7-3-4-8-14)10-17-13(19)11-5-6-12(15)16-9-11/h5-6,9H,3-4,7-8,10H2,1-2H3,(H,17,19). The van der Waals surface area contributed by atoms with Gasteiger partial charge in [0.05, 0.1) is 5.56 Å². The zero-order chi connectivity index (χ0) is 13.9. The van der Waals surface area contributed by atoms with E-state index in [1.165, 1.54) is 31.2 Å². The highest BCUT2D eigenvalue weighted by Crippen LogP contribution is 2.33. The summed E-state index contributed by atoms with van der Waals surface area (Å²) in [5.41, 5.74) is 0.455. The van der Waals surface area contributed by atoms with Crippen LogP contribution in [0.3, 0.4) is 0 Å². The predicted molar refractivity (Wildman–Crippen MR) is 71.4 cm³/mol. The first-order valence-electron chi connectivity index (χ1n) is 6.61. The number of hydrogen-bond acceptors (Lipinski definition) is 3. The number of halogens is 1. The van der Waals surface area contributed by atoms with Gasteiger partial charge in [-0.25, -0.2) is 4.98 Å². The molecule has 0 atom stereocenters. The van der Waals surface area contributed by atoms with E-state index in [4.69, 9.17) is 0 Å². The molecule has 5 heteroatoms. The lowest BCUT2D eigenvalue weighted by molar-refractivity contribution is 0.0899. The molecule has 0 unspecified atom stereocenters. The SMILES string of the molecule is CN(C)C1(CNC(=O)c2ccc(F)nc2)CCCC1. The number of aromatic nitrogens is 1. The third-order valence-electron chi connectivity index (χ3n) is 4.05. The summed E-state index contributed by atoms with van der Waals surface area (Å²) in [7, 11) is 4.11. The first-order chi connectivity index (χ1) is 9.03. The van der Waals surface area contributed by atoms with Gasteiger partial charge in [-0.2, -0.15) is 4.39 Å². The number of likely N-dealkylation sites (N-methyl/N-ethyl adjacent to an activating group) is 1. The molecule has 104 valence electrons. The van der Waals surface area contributed by atoms with Gasteiger partial charge in [0.15, 0.2) is 0 Å². The molecule has 1 N–H and O–H groups in total. The summed E-state index contributed by atoms with van der Waals surface area (Å²) in [6, 6.07) is 2.65. The number of nitrogens with zero attached hydrogens (tertiary/aromatic N) is 2. The maximum absolute atomic E-state index is 12.7. The Balaban J connectivity index is 1.97. The number of carbonyl (C=O) groups excluding carboxylic acids is 1. The molecular formula is C14H20FN3O. The Morgan fingerprint density at radius 1 is 1.42 bits per heavy atom. The predicted octanol–water partition coefficient (Wildman–Crippen LogP) is 1.82. The van der Waals surface area contributed by atoms with E-state index in [0.717, 1.165) is 12.8 Å². The van der Waals surface area contributed by atoms with Gasteiger partial charge in [-0.1, -0.05) is 12.8 Å². The van der Waals surface area contributed by atoms with Crippen LogP contribution in [-0.2, 0) is 0 Å². The van der Waals surface area contributed by atoms with Gasteiger partial charge in [0, 0.05) is 18.3 Å². The molecule has 0 aliphatic heterocycles. The Morgan fingerprint density at radius 2 is 2.11 bits per heavy atom. The molecule has 0 radical (unpaired) electrons. The van der Waals surface area contributed by atoms with Crippen LogP contribution in [0.4, 0.5) is 4.39 Å². The van der Waals surface area contributed by atoms with E-state index >= 15 is 0 Å². The van der Waals surface area contributed by atoms with Crippen LogP contribution in [0.25, 0.3) is 0 Å². The Labute approximate surface area is 113 Å². The average Bonchev–Trinajstić information content (AvgIpc) is 2.87. The van der Waals surface area contributed by atoms with Crippen molar-refractivity contribution < 1.29 is 9.18 Å². The number of amides is 1. The molecule has 2 rings (SSSR count). The highest BCUT2D eigenvalue weighted by Gasteiger charge is 2.36. The highest BCUT2D eigenvalue weighted by molar-refractivity contribution is 5.93. The van der Waals surface area contributed by atoms with Gasteiger partial charge in [-0.3, -0.25) is 4.79 Å². The molecule has 19 heavy (non-hydrogen) atoms. The fraction of sp³-hybridized carbons (Fsp3) is 0.571. The lowest BCUT2D eigenvalue weighted by Crippen LogP contribution is -2.50. The van der Waals surface area contributed by atoms with Gasteiger partial charge < -0.3 is 10.2 Å². The lowest BCUT2D eigenvalue weighted by atomic mass is 9.96. The zero-order valence-corrected chi connectivity index (χ0v) is 11.4. The molecule has 1 heterocycles. The van der Waals surface area contributed by atoms with Crippen molar-refractivity contribution in [1.29, 1.82) is 0 Å². The van der Waals surface area contributed by atoms with Crippen LogP contribution in [0, 0.1) is 5.95 Å². The molecule has 1 saturated carbocycles. The van der Waals surface area contributed by atoms with Gasteiger partial charge in [0.25, 0.3) is 5.91 Å². The summed E-state index contributed by atoms with van der Waals surface area (Å²) in [5.74, 6) is -0.766. The van der Waals surface area contributed by atoms with Crippen LogP contribution in [0.2, 0.25) is 0 Å². The van der Waals surface area contributed by atoms with Crippen molar-refractivity contribution in [2.45, 2.75) is 31.2 Å². The fourth-order valence-electron chi connectivity index (χ4n) is 2.67. The van der Waals surface area contributed by atoms with Crippen LogP contribution in [-0.4, -0.2) is 42.0 Å². The van der Waals surface area contributed by atoms with Crippen molar-refractivity contribution >= 4 is 5.91 Å². The monoisotopic (exact) mass is 265 g/mol. The largest absolute Gasteiger partial charge is 0.350 e. The van der Waals surface area contributed by atoms with Crippen LogP contribution >= 0.6 is 0 Å². The van der Waals surface area contributed by atoms with E-state index in [9.17, 15) is 9.18 Å². The molecule has 4 nitrogen and oxygen atoms in total. The summed E-state index contributed by atoms with van der Waals surface area (Å²) < 4.78 is 12.7. The lowest BCUT2D eigenvalue weighted by Gasteiger charge is -2.36. The second-order valence-electron chi connectivity index (χ2n) is 5.38. The third-order valence-corrected chi connectivity index (χ3v) is 4.05. The first kappa shape index (κ1) is 13.9. The van der Waals surface area contributed by atoms with Crippen molar-refractivity contribution in [2.75, 3.05) is 20.6 Å². The smallest absolute Gasteiger partial charge is 0.252 e. The van der Waals surface area contributed by atoms with Crippen molar-refractivity contribution in [3.8, 4) is 0 Å². The minimum absolute atomic E-state index is 0.0586. The first-order valence-corrected chi connectivity index (χ1v) is 6.61. The van der Waals surface area contributed by atoms with Gasteiger partial charge in [-0.05, 0) is 39.1 Å². The van der Waals surface area contributed by atoms with Gasteiger partial charge >= 0.3 is 0 Å². The van der Waals surface area contributed by atoms with Crippen LogP contribution in [0.5, 0.6) is 0 Å². The van der Waals surface area contributed by atoms with Crippen molar-refractivity contribution in [3.05, 3.63) is 29.8 Å². The number of nitrogens with one attached hydrogen (secondary N) is 1. The van der Waals surface area contributed by atoms with Crippen molar-refractivity contribution in [1.82, 2.24) is 15.2 Å². The zero-order valence-electron chi connectivity index (χ0n) is 11.4. The molecule has 0 aromatic carbocycles. The summed E-state index contributed by atoms with van der Waals surface area (Å²) in [5, 5.41) is 2.94. The summed E-state index contributed by atoms with van der Waals surface area (Å²) >= 11 is 0. The molecule has 0 saturated heterocycles.